The van der Waals surface area contributed by atoms with E-state index in [0.717, 1.165) is 29.5 Å². The molecule has 2 aromatic carbocycles. The van der Waals surface area contributed by atoms with Crippen molar-refractivity contribution < 1.29 is 29.3 Å². The monoisotopic (exact) mass is 565 g/mol. The van der Waals surface area contributed by atoms with Gasteiger partial charge in [0.2, 0.25) is 5.91 Å². The van der Waals surface area contributed by atoms with E-state index in [4.69, 9.17) is 14.6 Å². The molecule has 0 bridgehead atoms. The van der Waals surface area contributed by atoms with Crippen LogP contribution >= 0.6 is 11.8 Å². The second-order valence-electron chi connectivity index (χ2n) is 9.67. The second kappa shape index (κ2) is 15.5. The summed E-state index contributed by atoms with van der Waals surface area (Å²) in [6.07, 6.45) is 6.60. The molecule has 0 saturated carbocycles. The molecule has 2 heterocycles. The number of rotatable bonds is 14. The molecule has 3 N–H and O–H groups in total. The zero-order chi connectivity index (χ0) is 28.2. The zero-order valence-electron chi connectivity index (χ0n) is 22.3. The van der Waals surface area contributed by atoms with E-state index in [1.54, 1.807) is 18.5 Å². The molecule has 1 aliphatic rings. The van der Waals surface area contributed by atoms with Crippen LogP contribution in [0.25, 0.3) is 0 Å². The van der Waals surface area contributed by atoms with E-state index in [1.807, 2.05) is 48.5 Å². The van der Waals surface area contributed by atoms with Crippen LogP contribution in [0.5, 0.6) is 0 Å². The van der Waals surface area contributed by atoms with Gasteiger partial charge in [-0.15, -0.1) is 0 Å². The molecule has 10 heteroatoms. The molecule has 1 aromatic heterocycles. The smallest absolute Gasteiger partial charge is 0.303 e. The highest BCUT2D eigenvalue weighted by Gasteiger charge is 2.32. The lowest BCUT2D eigenvalue weighted by molar-refractivity contribution is -0.245. The van der Waals surface area contributed by atoms with E-state index >= 15 is 0 Å². The molecule has 1 fully saturated rings. The number of aliphatic hydroxyl groups excluding tert-OH is 1. The minimum atomic E-state index is -0.787. The molecular weight excluding hydrogens is 530 g/mol. The number of nitrogens with one attached hydrogen (secondary N) is 1. The predicted molar refractivity (Wildman–Crippen MR) is 152 cm³/mol. The standard InChI is InChI=1S/C30H35N3O6S/c34-19-21-11-13-22(14-12-21)26-18-25(20-40-30-31-15-6-16-32-30)38-29(39-26)23-7-5-8-24(17-23)33-27(35)9-3-1-2-4-10-28(36)37/h5-8,11-17,25-26,29,34H,1-4,9-10,18-20H2,(H,33,35)(H,36,37). The summed E-state index contributed by atoms with van der Waals surface area (Å²) in [6, 6.07) is 17.0. The minimum Gasteiger partial charge on any atom is -0.481 e. The Balaban J connectivity index is 1.39. The van der Waals surface area contributed by atoms with Crippen LogP contribution in [0.1, 0.15) is 74.0 Å². The normalized spacial score (nSPS) is 18.8. The van der Waals surface area contributed by atoms with Crippen LogP contribution in [0.15, 0.2) is 72.1 Å². The lowest BCUT2D eigenvalue weighted by Crippen LogP contribution is -2.31. The quantitative estimate of drug-likeness (QED) is 0.129. The van der Waals surface area contributed by atoms with Crippen molar-refractivity contribution in [2.24, 2.45) is 0 Å². The topological polar surface area (TPSA) is 131 Å². The number of amides is 1. The summed E-state index contributed by atoms with van der Waals surface area (Å²) in [5, 5.41) is 21.8. The van der Waals surface area contributed by atoms with Gasteiger partial charge in [-0.25, -0.2) is 9.97 Å². The van der Waals surface area contributed by atoms with Crippen LogP contribution in [0.4, 0.5) is 5.69 Å². The number of benzene rings is 2. The molecule has 3 atom stereocenters. The van der Waals surface area contributed by atoms with Crippen LogP contribution < -0.4 is 5.32 Å². The van der Waals surface area contributed by atoms with Crippen molar-refractivity contribution in [3.8, 4) is 0 Å². The molecule has 0 aliphatic carbocycles. The Morgan fingerprint density at radius 1 is 0.925 bits per heavy atom. The van der Waals surface area contributed by atoms with Crippen LogP contribution in [0, 0.1) is 0 Å². The van der Waals surface area contributed by atoms with Gasteiger partial charge in [0.15, 0.2) is 11.4 Å². The van der Waals surface area contributed by atoms with Crippen molar-refractivity contribution in [1.29, 1.82) is 0 Å². The van der Waals surface area contributed by atoms with Gasteiger partial charge in [0.05, 0.1) is 18.8 Å². The van der Waals surface area contributed by atoms with Crippen molar-refractivity contribution in [1.82, 2.24) is 9.97 Å². The Hall–Kier alpha value is -3.31. The van der Waals surface area contributed by atoms with Gasteiger partial charge in [0.25, 0.3) is 0 Å². The number of aliphatic carboxylic acids is 1. The van der Waals surface area contributed by atoms with Gasteiger partial charge < -0.3 is 25.0 Å². The number of carboxylic acid groups (broad SMARTS) is 1. The first-order valence-corrected chi connectivity index (χ1v) is 14.5. The first kappa shape index (κ1) is 29.7. The van der Waals surface area contributed by atoms with Crippen molar-refractivity contribution in [3.05, 3.63) is 83.7 Å². The lowest BCUT2D eigenvalue weighted by Gasteiger charge is -2.36. The molecule has 1 aliphatic heterocycles. The van der Waals surface area contributed by atoms with Gasteiger partial charge in [-0.1, -0.05) is 61.0 Å². The van der Waals surface area contributed by atoms with Crippen LogP contribution in [0.3, 0.4) is 0 Å². The fraction of sp³-hybridized carbons (Fsp3) is 0.400. The molecule has 3 unspecified atom stereocenters. The summed E-state index contributed by atoms with van der Waals surface area (Å²) in [4.78, 5) is 31.7. The lowest BCUT2D eigenvalue weighted by atomic mass is 10.0. The van der Waals surface area contributed by atoms with Gasteiger partial charge in [-0.2, -0.15) is 0 Å². The molecule has 1 saturated heterocycles. The number of ether oxygens (including phenoxy) is 2. The maximum Gasteiger partial charge on any atom is 0.303 e. The van der Waals surface area contributed by atoms with Crippen molar-refractivity contribution in [3.63, 3.8) is 0 Å². The summed E-state index contributed by atoms with van der Waals surface area (Å²) >= 11 is 1.53. The minimum absolute atomic E-state index is 0.0168. The number of carbonyl (C=O) groups is 2. The summed E-state index contributed by atoms with van der Waals surface area (Å²) in [5.41, 5.74) is 3.31. The molecule has 9 nitrogen and oxygen atoms in total. The predicted octanol–water partition coefficient (Wildman–Crippen LogP) is 5.67. The van der Waals surface area contributed by atoms with Gasteiger partial charge in [-0.3, -0.25) is 9.59 Å². The number of hydrogen-bond donors (Lipinski definition) is 3. The molecule has 0 radical (unpaired) electrons. The van der Waals surface area contributed by atoms with E-state index in [1.165, 1.54) is 11.8 Å². The Morgan fingerprint density at radius 2 is 1.68 bits per heavy atom. The third kappa shape index (κ3) is 9.41. The van der Waals surface area contributed by atoms with Crippen molar-refractivity contribution in [2.45, 2.75) is 75.2 Å². The molecule has 40 heavy (non-hydrogen) atoms. The zero-order valence-corrected chi connectivity index (χ0v) is 23.1. The second-order valence-corrected chi connectivity index (χ2v) is 10.7. The average Bonchev–Trinajstić information content (AvgIpc) is 2.98. The number of aliphatic hydroxyl groups is 1. The number of nitrogens with zero attached hydrogens (tertiary/aromatic N) is 2. The number of hydrogen-bond acceptors (Lipinski definition) is 8. The Morgan fingerprint density at radius 3 is 2.40 bits per heavy atom. The SMILES string of the molecule is O=C(O)CCCCCCC(=O)Nc1cccc(C2OC(CSc3ncccn3)CC(c3ccc(CO)cc3)O2)c1. The maximum absolute atomic E-state index is 12.5. The van der Waals surface area contributed by atoms with E-state index in [9.17, 15) is 14.7 Å². The van der Waals surface area contributed by atoms with Gasteiger partial charge >= 0.3 is 5.97 Å². The number of anilines is 1. The largest absolute Gasteiger partial charge is 0.481 e. The summed E-state index contributed by atoms with van der Waals surface area (Å²) in [6.45, 7) is -0.0168. The van der Waals surface area contributed by atoms with Gasteiger partial charge in [0, 0.05) is 48.7 Å². The van der Waals surface area contributed by atoms with Crippen LogP contribution in [-0.4, -0.2) is 43.9 Å². The van der Waals surface area contributed by atoms with E-state index in [2.05, 4.69) is 15.3 Å². The number of carbonyl (C=O) groups excluding carboxylic acids is 1. The highest BCUT2D eigenvalue weighted by Crippen LogP contribution is 2.39. The number of unbranched alkanes of at least 4 members (excludes halogenated alkanes) is 3. The Bertz CT molecular complexity index is 1230. The van der Waals surface area contributed by atoms with Gasteiger partial charge in [0.1, 0.15) is 0 Å². The average molecular weight is 566 g/mol. The third-order valence-electron chi connectivity index (χ3n) is 6.54. The highest BCUT2D eigenvalue weighted by atomic mass is 32.2. The summed E-state index contributed by atoms with van der Waals surface area (Å²) in [7, 11) is 0. The van der Waals surface area contributed by atoms with E-state index in [-0.39, 0.29) is 31.1 Å². The molecule has 1 amide bonds. The maximum atomic E-state index is 12.5. The Kier molecular flexibility index (Phi) is 11.5. The number of carboxylic acids is 1. The fourth-order valence-electron chi connectivity index (χ4n) is 4.45. The van der Waals surface area contributed by atoms with Crippen LogP contribution in [-0.2, 0) is 25.7 Å². The molecule has 4 rings (SSSR count). The molecular formula is C30H35N3O6S. The van der Waals surface area contributed by atoms with Crippen LogP contribution in [0.2, 0.25) is 0 Å². The van der Waals surface area contributed by atoms with E-state index < -0.39 is 12.3 Å². The van der Waals surface area contributed by atoms with Crippen molar-refractivity contribution in [2.75, 3.05) is 11.1 Å². The summed E-state index contributed by atoms with van der Waals surface area (Å²) < 4.78 is 12.8. The fourth-order valence-corrected chi connectivity index (χ4v) is 5.27. The third-order valence-corrected chi connectivity index (χ3v) is 7.55. The summed E-state index contributed by atoms with van der Waals surface area (Å²) in [5.74, 6) is -0.220. The highest BCUT2D eigenvalue weighted by molar-refractivity contribution is 7.99. The molecule has 0 spiro atoms. The van der Waals surface area contributed by atoms with Gasteiger partial charge in [-0.05, 0) is 42.2 Å². The number of aromatic nitrogens is 2. The number of thioether (sulfide) groups is 1. The first-order valence-electron chi connectivity index (χ1n) is 13.5. The first-order chi connectivity index (χ1) is 19.5. The molecule has 3 aromatic rings. The molecule has 212 valence electrons. The van der Waals surface area contributed by atoms with Crippen molar-refractivity contribution >= 4 is 29.3 Å². The van der Waals surface area contributed by atoms with E-state index in [0.29, 0.717) is 42.3 Å². The Labute approximate surface area is 238 Å².